The van der Waals surface area contributed by atoms with E-state index in [1.54, 1.807) is 25.7 Å². The van der Waals surface area contributed by atoms with Crippen molar-refractivity contribution in [2.45, 2.75) is 74.1 Å². The van der Waals surface area contributed by atoms with Crippen LogP contribution in [0, 0.1) is 23.7 Å². The van der Waals surface area contributed by atoms with E-state index in [2.05, 4.69) is 27.7 Å². The fourth-order valence-electron chi connectivity index (χ4n) is 3.44. The van der Waals surface area contributed by atoms with Gasteiger partial charge in [0.1, 0.15) is 0 Å². The van der Waals surface area contributed by atoms with Crippen LogP contribution in [0.2, 0.25) is 0 Å². The largest absolute Gasteiger partial charge is 0.275 e. The average Bonchev–Trinajstić information content (AvgIpc) is 2.29. The molecule has 0 aromatic carbocycles. The van der Waals surface area contributed by atoms with E-state index in [4.69, 9.17) is 0 Å². The highest BCUT2D eigenvalue weighted by atomic mass is 127. The van der Waals surface area contributed by atoms with Crippen molar-refractivity contribution in [2.75, 3.05) is 0 Å². The Kier molecular flexibility index (Phi) is 5.20. The van der Waals surface area contributed by atoms with Crippen molar-refractivity contribution in [1.29, 1.82) is 0 Å². The van der Waals surface area contributed by atoms with Gasteiger partial charge in [-0.3, -0.25) is 0 Å². The van der Waals surface area contributed by atoms with Crippen LogP contribution in [0.15, 0.2) is 0 Å². The molecule has 0 saturated heterocycles. The molecule has 0 radical (unpaired) electrons. The molecule has 0 heterocycles. The molecule has 6 unspecified atom stereocenters. The Hall–Kier alpha value is 0.730. The van der Waals surface area contributed by atoms with Crippen molar-refractivity contribution in [3.05, 3.63) is 0 Å². The highest BCUT2D eigenvalue weighted by molar-refractivity contribution is 4.77. The van der Waals surface area contributed by atoms with Gasteiger partial charge in [0.15, 0.2) is 7.85 Å². The van der Waals surface area contributed by atoms with Crippen LogP contribution in [-0.4, -0.2) is 7.85 Å². The molecule has 0 aromatic rings. The molecular formula is C16H30I+. The van der Waals surface area contributed by atoms with Gasteiger partial charge in [0.05, 0.1) is 0 Å². The van der Waals surface area contributed by atoms with Crippen molar-refractivity contribution >= 4 is 0 Å². The first kappa shape index (κ1) is 14.1. The lowest BCUT2D eigenvalue weighted by molar-refractivity contribution is -0.728. The molecule has 0 aliphatic heterocycles. The molecule has 0 spiro atoms. The third-order valence-electron chi connectivity index (χ3n) is 5.42. The second-order valence-corrected chi connectivity index (χ2v) is 11.1. The maximum Gasteiger partial charge on any atom is 0.275 e. The molecule has 1 heteroatoms. The van der Waals surface area contributed by atoms with Gasteiger partial charge in [-0.25, -0.2) is 0 Å². The molecule has 0 N–H and O–H groups in total. The minimum atomic E-state index is 0.489. The monoisotopic (exact) mass is 349 g/mol. The van der Waals surface area contributed by atoms with E-state index in [0.717, 1.165) is 23.7 Å². The Bertz CT molecular complexity index is 214. The van der Waals surface area contributed by atoms with Crippen LogP contribution in [-0.2, 0) is 0 Å². The van der Waals surface area contributed by atoms with Crippen LogP contribution in [0.25, 0.3) is 0 Å². The summed E-state index contributed by atoms with van der Waals surface area (Å²) in [5.41, 5.74) is 0. The molecule has 0 bridgehead atoms. The quantitative estimate of drug-likeness (QED) is 0.526. The first-order valence-corrected chi connectivity index (χ1v) is 10.2. The summed E-state index contributed by atoms with van der Waals surface area (Å²) in [6.07, 6.45) is 9.30. The molecule has 17 heavy (non-hydrogen) atoms. The van der Waals surface area contributed by atoms with Crippen molar-refractivity contribution in [1.82, 2.24) is 0 Å². The van der Waals surface area contributed by atoms with Gasteiger partial charge in [-0.1, -0.05) is 27.7 Å². The third-order valence-corrected chi connectivity index (χ3v) is 9.72. The molecule has 2 rings (SSSR count). The van der Waals surface area contributed by atoms with E-state index in [9.17, 15) is 0 Å². The molecule has 2 aliphatic rings. The molecule has 0 nitrogen and oxygen atoms in total. The first-order valence-electron chi connectivity index (χ1n) is 7.68. The summed E-state index contributed by atoms with van der Waals surface area (Å²) in [5.74, 6) is 4.02. The maximum atomic E-state index is 2.49. The van der Waals surface area contributed by atoms with Crippen molar-refractivity contribution in [2.24, 2.45) is 23.7 Å². The van der Waals surface area contributed by atoms with E-state index in [1.807, 2.05) is 0 Å². The van der Waals surface area contributed by atoms with Crippen LogP contribution in [0.3, 0.4) is 0 Å². The molecule has 0 aromatic heterocycles. The van der Waals surface area contributed by atoms with Gasteiger partial charge in [-0.2, -0.15) is 0 Å². The minimum Gasteiger partial charge on any atom is -0.0622 e. The zero-order valence-corrected chi connectivity index (χ0v) is 14.2. The highest BCUT2D eigenvalue weighted by Crippen LogP contribution is 2.29. The van der Waals surface area contributed by atoms with Gasteiger partial charge < -0.3 is 0 Å². The van der Waals surface area contributed by atoms with Crippen molar-refractivity contribution in [3.8, 4) is 0 Å². The summed E-state index contributed by atoms with van der Waals surface area (Å²) in [7, 11) is 0. The average molecular weight is 349 g/mol. The Morgan fingerprint density at radius 2 is 1.00 bits per heavy atom. The summed E-state index contributed by atoms with van der Waals surface area (Å²) < 4.78 is 2.34. The summed E-state index contributed by atoms with van der Waals surface area (Å²) in [6.45, 7) is 9.91. The lowest BCUT2D eigenvalue weighted by Crippen LogP contribution is -3.68. The smallest absolute Gasteiger partial charge is 0.0622 e. The molecule has 100 valence electrons. The Morgan fingerprint density at radius 3 is 1.35 bits per heavy atom. The molecule has 2 fully saturated rings. The van der Waals surface area contributed by atoms with Crippen molar-refractivity contribution < 1.29 is 21.2 Å². The predicted molar refractivity (Wildman–Crippen MR) is 71.9 cm³/mol. The fraction of sp³-hybridized carbons (Fsp3) is 1.00. The minimum absolute atomic E-state index is 0.489. The van der Waals surface area contributed by atoms with Crippen LogP contribution in [0.1, 0.15) is 66.2 Å². The standard InChI is InChI=1S/C16H30I/c1-11-5-7-15(9-13(11)3)17-16-8-6-12(2)14(4)10-16/h11-16H,5-10H2,1-4H3/q+1. The summed E-state index contributed by atoms with van der Waals surface area (Å²) in [6, 6.07) is 0. The lowest BCUT2D eigenvalue weighted by Gasteiger charge is -2.30. The van der Waals surface area contributed by atoms with Crippen molar-refractivity contribution in [3.63, 3.8) is 0 Å². The lowest BCUT2D eigenvalue weighted by atomic mass is 9.82. The zero-order chi connectivity index (χ0) is 12.4. The Labute approximate surface area is 119 Å². The van der Waals surface area contributed by atoms with E-state index < -0.39 is 0 Å². The SMILES string of the molecule is CC1CCC([I+]C2CCC(C)C(C)C2)CC1C. The predicted octanol–water partition coefficient (Wildman–Crippen LogP) is 1.72. The topological polar surface area (TPSA) is 0 Å². The van der Waals surface area contributed by atoms with Gasteiger partial charge in [0.25, 0.3) is 21.2 Å². The van der Waals surface area contributed by atoms with Gasteiger partial charge in [-0.05, 0) is 62.2 Å². The van der Waals surface area contributed by atoms with Gasteiger partial charge in [0, 0.05) is 0 Å². The molecule has 0 amide bonds. The molecule has 2 saturated carbocycles. The second kappa shape index (κ2) is 6.25. The number of alkyl halides is 2. The van der Waals surface area contributed by atoms with E-state index in [1.165, 1.54) is 20.7 Å². The van der Waals surface area contributed by atoms with E-state index in [0.29, 0.717) is 21.2 Å². The van der Waals surface area contributed by atoms with Crippen LogP contribution in [0.5, 0.6) is 0 Å². The first-order chi connectivity index (χ1) is 8.06. The maximum absolute atomic E-state index is 2.49. The molecule has 6 atom stereocenters. The van der Waals surface area contributed by atoms with E-state index >= 15 is 0 Å². The fourth-order valence-corrected chi connectivity index (χ4v) is 8.51. The summed E-state index contributed by atoms with van der Waals surface area (Å²) in [5, 5.41) is 0. The summed E-state index contributed by atoms with van der Waals surface area (Å²) in [4.78, 5) is 0. The van der Waals surface area contributed by atoms with Gasteiger partial charge in [0.2, 0.25) is 0 Å². The number of hydrogen-bond acceptors (Lipinski definition) is 0. The zero-order valence-electron chi connectivity index (χ0n) is 12.1. The van der Waals surface area contributed by atoms with Crippen LogP contribution < -0.4 is 21.2 Å². The summed E-state index contributed by atoms with van der Waals surface area (Å²) >= 11 is 0.489. The molecule has 2 aliphatic carbocycles. The highest BCUT2D eigenvalue weighted by Gasteiger charge is 2.40. The van der Waals surface area contributed by atoms with Crippen LogP contribution >= 0.6 is 0 Å². The normalized spacial score (nSPS) is 48.0. The number of rotatable bonds is 2. The Balaban J connectivity index is 1.78. The Morgan fingerprint density at radius 1 is 0.588 bits per heavy atom. The van der Waals surface area contributed by atoms with Gasteiger partial charge >= 0.3 is 0 Å². The number of halogens is 1. The van der Waals surface area contributed by atoms with Crippen LogP contribution in [0.4, 0.5) is 0 Å². The second-order valence-electron chi connectivity index (χ2n) is 6.86. The van der Waals surface area contributed by atoms with E-state index in [-0.39, 0.29) is 0 Å². The van der Waals surface area contributed by atoms with Gasteiger partial charge in [-0.15, -0.1) is 0 Å². The molecular weight excluding hydrogens is 319 g/mol. The third kappa shape index (κ3) is 3.84. The number of hydrogen-bond donors (Lipinski definition) is 0.